The number of aryl methyl sites for hydroxylation is 2. The Hall–Kier alpha value is -1.84. The third kappa shape index (κ3) is 3.81. The average molecular weight is 263 g/mol. The summed E-state index contributed by atoms with van der Waals surface area (Å²) in [6.45, 7) is 8.01. The second-order valence-electron chi connectivity index (χ2n) is 4.76. The van der Waals surface area contributed by atoms with E-state index in [-0.39, 0.29) is 24.7 Å². The number of carbonyl (C=O) groups is 2. The lowest BCUT2D eigenvalue weighted by Gasteiger charge is -2.16. The van der Waals surface area contributed by atoms with Gasteiger partial charge < -0.3 is 10.1 Å². The molecule has 19 heavy (non-hydrogen) atoms. The molecule has 4 nitrogen and oxygen atoms in total. The van der Waals surface area contributed by atoms with E-state index in [1.54, 1.807) is 0 Å². The van der Waals surface area contributed by atoms with Crippen LogP contribution in [-0.2, 0) is 14.3 Å². The fourth-order valence-corrected chi connectivity index (χ4v) is 1.92. The van der Waals surface area contributed by atoms with Crippen LogP contribution in [0.5, 0.6) is 0 Å². The molecule has 4 heteroatoms. The van der Waals surface area contributed by atoms with E-state index in [1.807, 2.05) is 27.7 Å². The number of nitrogens with one attached hydrogen (secondary N) is 1. The number of methoxy groups -OCH3 is 1. The molecule has 0 bridgehead atoms. The van der Waals surface area contributed by atoms with Crippen molar-refractivity contribution in [1.29, 1.82) is 0 Å². The van der Waals surface area contributed by atoms with Crippen molar-refractivity contribution < 1.29 is 14.3 Å². The molecule has 0 heterocycles. The molecule has 0 radical (unpaired) electrons. The molecule has 1 aromatic rings. The van der Waals surface area contributed by atoms with Gasteiger partial charge in [0.2, 0.25) is 5.91 Å². The molecule has 0 aromatic heterocycles. The van der Waals surface area contributed by atoms with Crippen molar-refractivity contribution in [2.75, 3.05) is 12.4 Å². The number of benzene rings is 1. The molecule has 0 fully saturated rings. The maximum atomic E-state index is 11.8. The molecule has 0 aliphatic heterocycles. The van der Waals surface area contributed by atoms with Crippen molar-refractivity contribution in [2.24, 2.45) is 0 Å². The minimum Gasteiger partial charge on any atom is -0.469 e. The summed E-state index contributed by atoms with van der Waals surface area (Å²) in [5.74, 6) is -0.536. The first kappa shape index (κ1) is 15.2. The summed E-state index contributed by atoms with van der Waals surface area (Å²) in [5, 5.41) is 2.89. The highest BCUT2D eigenvalue weighted by Crippen LogP contribution is 2.26. The molecular formula is C15H21NO3. The van der Waals surface area contributed by atoms with E-state index in [0.29, 0.717) is 0 Å². The molecule has 1 N–H and O–H groups in total. The van der Waals surface area contributed by atoms with Gasteiger partial charge in [-0.2, -0.15) is 0 Å². The second-order valence-corrected chi connectivity index (χ2v) is 4.76. The Morgan fingerprint density at radius 1 is 1.05 bits per heavy atom. The minimum atomic E-state index is -0.371. The van der Waals surface area contributed by atoms with Crippen molar-refractivity contribution in [3.05, 3.63) is 28.3 Å². The van der Waals surface area contributed by atoms with Crippen molar-refractivity contribution in [3.63, 3.8) is 0 Å². The van der Waals surface area contributed by atoms with Crippen molar-refractivity contribution >= 4 is 17.6 Å². The van der Waals surface area contributed by atoms with Gasteiger partial charge in [0.15, 0.2) is 0 Å². The van der Waals surface area contributed by atoms with Crippen molar-refractivity contribution in [3.8, 4) is 0 Å². The van der Waals surface area contributed by atoms with Crippen LogP contribution >= 0.6 is 0 Å². The maximum absolute atomic E-state index is 11.8. The molecular weight excluding hydrogens is 242 g/mol. The highest BCUT2D eigenvalue weighted by atomic mass is 16.5. The Labute approximate surface area is 114 Å². The first-order valence-corrected chi connectivity index (χ1v) is 6.31. The third-order valence-corrected chi connectivity index (χ3v) is 3.41. The van der Waals surface area contributed by atoms with Gasteiger partial charge in [0.25, 0.3) is 0 Å². The number of hydrogen-bond donors (Lipinski definition) is 1. The highest BCUT2D eigenvalue weighted by Gasteiger charge is 2.12. The summed E-state index contributed by atoms with van der Waals surface area (Å²) in [7, 11) is 1.32. The van der Waals surface area contributed by atoms with Gasteiger partial charge in [-0.15, -0.1) is 0 Å². The number of esters is 1. The summed E-state index contributed by atoms with van der Waals surface area (Å²) in [6, 6.07) is 2.11. The Morgan fingerprint density at radius 2 is 1.58 bits per heavy atom. The van der Waals surface area contributed by atoms with E-state index in [1.165, 1.54) is 7.11 Å². The van der Waals surface area contributed by atoms with Gasteiger partial charge in [0.1, 0.15) is 0 Å². The molecule has 0 saturated carbocycles. The summed E-state index contributed by atoms with van der Waals surface area (Å²) < 4.78 is 4.52. The number of amides is 1. The zero-order valence-electron chi connectivity index (χ0n) is 12.2. The largest absolute Gasteiger partial charge is 0.469 e. The summed E-state index contributed by atoms with van der Waals surface area (Å²) >= 11 is 0. The fraction of sp³-hybridized carbons (Fsp3) is 0.467. The monoisotopic (exact) mass is 263 g/mol. The number of anilines is 1. The van der Waals surface area contributed by atoms with Gasteiger partial charge in [-0.1, -0.05) is 6.07 Å². The molecule has 0 saturated heterocycles. The lowest BCUT2D eigenvalue weighted by molar-refractivity contribution is -0.141. The van der Waals surface area contributed by atoms with Gasteiger partial charge >= 0.3 is 5.97 Å². The van der Waals surface area contributed by atoms with Gasteiger partial charge in [-0.3, -0.25) is 9.59 Å². The molecule has 1 amide bonds. The predicted molar refractivity (Wildman–Crippen MR) is 75.3 cm³/mol. The molecule has 0 aliphatic carbocycles. The molecule has 1 aromatic carbocycles. The van der Waals surface area contributed by atoms with E-state index < -0.39 is 0 Å². The molecule has 0 unspecified atom stereocenters. The van der Waals surface area contributed by atoms with Crippen LogP contribution in [-0.4, -0.2) is 19.0 Å². The van der Waals surface area contributed by atoms with E-state index in [9.17, 15) is 9.59 Å². The van der Waals surface area contributed by atoms with Crippen LogP contribution in [0, 0.1) is 27.7 Å². The minimum absolute atomic E-state index is 0.102. The topological polar surface area (TPSA) is 55.4 Å². The first-order valence-electron chi connectivity index (χ1n) is 6.31. The Bertz CT molecular complexity index is 480. The van der Waals surface area contributed by atoms with Crippen LogP contribution in [0.25, 0.3) is 0 Å². The SMILES string of the molecule is COC(=O)CCC(=O)Nc1c(C)c(C)cc(C)c1C. The quantitative estimate of drug-likeness (QED) is 0.850. The Balaban J connectivity index is 2.82. The summed E-state index contributed by atoms with van der Waals surface area (Å²) in [4.78, 5) is 22.8. The Kier molecular flexibility index (Phi) is 5.10. The third-order valence-electron chi connectivity index (χ3n) is 3.41. The van der Waals surface area contributed by atoms with Gasteiger partial charge in [-0.25, -0.2) is 0 Å². The normalized spacial score (nSPS) is 10.2. The lowest BCUT2D eigenvalue weighted by Crippen LogP contribution is -2.16. The molecule has 104 valence electrons. The average Bonchev–Trinajstić information content (AvgIpc) is 2.38. The highest BCUT2D eigenvalue weighted by molar-refractivity contribution is 5.94. The predicted octanol–water partition coefficient (Wildman–Crippen LogP) is 2.81. The van der Waals surface area contributed by atoms with Crippen LogP contribution in [0.15, 0.2) is 6.07 Å². The second kappa shape index (κ2) is 6.36. The first-order chi connectivity index (χ1) is 8.86. The summed E-state index contributed by atoms with van der Waals surface area (Å²) in [5.41, 5.74) is 5.27. The van der Waals surface area contributed by atoms with E-state index in [4.69, 9.17) is 0 Å². The van der Waals surface area contributed by atoms with E-state index in [0.717, 1.165) is 27.9 Å². The van der Waals surface area contributed by atoms with Crippen LogP contribution in [0.3, 0.4) is 0 Å². The van der Waals surface area contributed by atoms with E-state index >= 15 is 0 Å². The van der Waals surface area contributed by atoms with Crippen LogP contribution in [0.4, 0.5) is 5.69 Å². The summed E-state index contributed by atoms with van der Waals surface area (Å²) in [6.07, 6.45) is 0.240. The molecule has 0 aliphatic rings. The van der Waals surface area contributed by atoms with Gasteiger partial charge in [-0.05, 0) is 49.9 Å². The standard InChI is InChI=1S/C15H21NO3/c1-9-8-10(2)12(4)15(11(9)3)16-13(17)6-7-14(18)19-5/h8H,6-7H2,1-5H3,(H,16,17). The number of ether oxygens (including phenoxy) is 1. The van der Waals surface area contributed by atoms with Crippen LogP contribution < -0.4 is 5.32 Å². The van der Waals surface area contributed by atoms with Gasteiger partial charge in [0, 0.05) is 12.1 Å². The van der Waals surface area contributed by atoms with Gasteiger partial charge in [0.05, 0.1) is 13.5 Å². The van der Waals surface area contributed by atoms with Crippen LogP contribution in [0.1, 0.15) is 35.1 Å². The molecule has 0 atom stereocenters. The Morgan fingerprint density at radius 3 is 2.05 bits per heavy atom. The number of rotatable bonds is 4. The zero-order valence-corrected chi connectivity index (χ0v) is 12.2. The van der Waals surface area contributed by atoms with E-state index in [2.05, 4.69) is 16.1 Å². The maximum Gasteiger partial charge on any atom is 0.306 e. The van der Waals surface area contributed by atoms with Crippen LogP contribution in [0.2, 0.25) is 0 Å². The zero-order chi connectivity index (χ0) is 14.6. The smallest absolute Gasteiger partial charge is 0.306 e. The van der Waals surface area contributed by atoms with Crippen molar-refractivity contribution in [2.45, 2.75) is 40.5 Å². The lowest BCUT2D eigenvalue weighted by atomic mass is 9.98. The number of carbonyl (C=O) groups excluding carboxylic acids is 2. The van der Waals surface area contributed by atoms with Crippen molar-refractivity contribution in [1.82, 2.24) is 0 Å². The molecule has 0 spiro atoms. The number of hydrogen-bond acceptors (Lipinski definition) is 3. The fourth-order valence-electron chi connectivity index (χ4n) is 1.92. The molecule has 1 rings (SSSR count).